The molecule has 0 radical (unpaired) electrons. The van der Waals surface area contributed by atoms with Gasteiger partial charge in [-0.15, -0.1) is 0 Å². The summed E-state index contributed by atoms with van der Waals surface area (Å²) in [6.07, 6.45) is 1.55. The van der Waals surface area contributed by atoms with E-state index in [1.165, 1.54) is 0 Å². The Labute approximate surface area is 158 Å². The minimum Gasteiger partial charge on any atom is -0.497 e. The predicted octanol–water partition coefficient (Wildman–Crippen LogP) is 3.96. The maximum absolute atomic E-state index is 12.3. The van der Waals surface area contributed by atoms with E-state index in [9.17, 15) is 4.79 Å². The molecule has 27 heavy (non-hydrogen) atoms. The standard InChI is InChI=1S/C21H21N3O3/c1-26-18-9-6-15(7-10-18)13-22-20-11-8-16(14-23-20)21(25)24-17-4-3-5-19(12-17)27-2/h3-12,14H,13H2,1-2H3,(H,22,23)(H,24,25). The Bertz CT molecular complexity index is 893. The van der Waals surface area contributed by atoms with Crippen LogP contribution in [0.3, 0.4) is 0 Å². The average Bonchev–Trinajstić information content (AvgIpc) is 2.73. The summed E-state index contributed by atoms with van der Waals surface area (Å²) in [5.41, 5.74) is 2.26. The Morgan fingerprint density at radius 1 is 0.963 bits per heavy atom. The van der Waals surface area contributed by atoms with E-state index in [0.29, 0.717) is 29.4 Å². The molecule has 0 aliphatic rings. The van der Waals surface area contributed by atoms with Gasteiger partial charge in [0.25, 0.3) is 5.91 Å². The lowest BCUT2D eigenvalue weighted by Gasteiger charge is -2.09. The number of aromatic nitrogens is 1. The van der Waals surface area contributed by atoms with Gasteiger partial charge in [-0.3, -0.25) is 4.79 Å². The zero-order valence-corrected chi connectivity index (χ0v) is 15.2. The molecule has 3 aromatic rings. The monoisotopic (exact) mass is 363 g/mol. The number of benzene rings is 2. The van der Waals surface area contributed by atoms with E-state index in [2.05, 4.69) is 15.6 Å². The maximum atomic E-state index is 12.3. The number of ether oxygens (including phenoxy) is 2. The molecule has 0 aliphatic carbocycles. The lowest BCUT2D eigenvalue weighted by atomic mass is 10.2. The molecule has 1 heterocycles. The van der Waals surface area contributed by atoms with Crippen LogP contribution in [0.15, 0.2) is 66.9 Å². The lowest BCUT2D eigenvalue weighted by Crippen LogP contribution is -2.12. The van der Waals surface area contributed by atoms with Crippen LogP contribution in [-0.4, -0.2) is 25.1 Å². The van der Waals surface area contributed by atoms with Crippen LogP contribution in [0.25, 0.3) is 0 Å². The van der Waals surface area contributed by atoms with Crippen LogP contribution in [0.4, 0.5) is 11.5 Å². The van der Waals surface area contributed by atoms with Gasteiger partial charge in [0, 0.05) is 24.5 Å². The average molecular weight is 363 g/mol. The van der Waals surface area contributed by atoms with Crippen LogP contribution in [0.5, 0.6) is 11.5 Å². The maximum Gasteiger partial charge on any atom is 0.257 e. The normalized spacial score (nSPS) is 10.1. The van der Waals surface area contributed by atoms with Crippen molar-refractivity contribution in [3.05, 3.63) is 78.0 Å². The molecule has 0 fully saturated rings. The molecule has 0 atom stereocenters. The molecular weight excluding hydrogens is 342 g/mol. The Hall–Kier alpha value is -3.54. The molecule has 3 rings (SSSR count). The second-order valence-corrected chi connectivity index (χ2v) is 5.82. The van der Waals surface area contributed by atoms with Gasteiger partial charge in [0.1, 0.15) is 17.3 Å². The summed E-state index contributed by atoms with van der Waals surface area (Å²) >= 11 is 0. The molecule has 2 N–H and O–H groups in total. The zero-order valence-electron chi connectivity index (χ0n) is 15.2. The fourth-order valence-electron chi connectivity index (χ4n) is 2.47. The number of rotatable bonds is 7. The zero-order chi connectivity index (χ0) is 19.1. The molecule has 0 bridgehead atoms. The first-order valence-electron chi connectivity index (χ1n) is 8.46. The summed E-state index contributed by atoms with van der Waals surface area (Å²) < 4.78 is 10.3. The minimum absolute atomic E-state index is 0.225. The summed E-state index contributed by atoms with van der Waals surface area (Å²) in [5.74, 6) is 1.98. The molecular formula is C21H21N3O3. The van der Waals surface area contributed by atoms with E-state index in [-0.39, 0.29) is 5.91 Å². The van der Waals surface area contributed by atoms with Crippen molar-refractivity contribution < 1.29 is 14.3 Å². The molecule has 6 heteroatoms. The van der Waals surface area contributed by atoms with Gasteiger partial charge >= 0.3 is 0 Å². The van der Waals surface area contributed by atoms with Crippen LogP contribution in [0, 0.1) is 0 Å². The Kier molecular flexibility index (Phi) is 5.89. The first-order chi connectivity index (χ1) is 13.2. The number of nitrogens with zero attached hydrogens (tertiary/aromatic N) is 1. The van der Waals surface area contributed by atoms with Crippen molar-refractivity contribution in [1.82, 2.24) is 4.98 Å². The Morgan fingerprint density at radius 2 is 1.74 bits per heavy atom. The molecule has 0 unspecified atom stereocenters. The van der Waals surface area contributed by atoms with Crippen LogP contribution in [0.1, 0.15) is 15.9 Å². The first kappa shape index (κ1) is 18.3. The summed E-state index contributed by atoms with van der Waals surface area (Å²) in [6.45, 7) is 0.631. The number of pyridine rings is 1. The van der Waals surface area contributed by atoms with Crippen molar-refractivity contribution in [2.75, 3.05) is 24.9 Å². The highest BCUT2D eigenvalue weighted by molar-refractivity contribution is 6.04. The summed E-state index contributed by atoms with van der Waals surface area (Å²) in [5, 5.41) is 6.06. The van der Waals surface area contributed by atoms with E-state index in [1.54, 1.807) is 44.7 Å². The van der Waals surface area contributed by atoms with Gasteiger partial charge in [-0.25, -0.2) is 4.98 Å². The Balaban J connectivity index is 1.57. The van der Waals surface area contributed by atoms with Gasteiger partial charge in [0.15, 0.2) is 0 Å². The SMILES string of the molecule is COc1ccc(CNc2ccc(C(=O)Nc3cccc(OC)c3)cn2)cc1. The summed E-state index contributed by atoms with van der Waals surface area (Å²) in [6, 6.07) is 18.5. The summed E-state index contributed by atoms with van der Waals surface area (Å²) in [7, 11) is 3.23. The highest BCUT2D eigenvalue weighted by Gasteiger charge is 2.07. The molecule has 138 valence electrons. The third-order valence-electron chi connectivity index (χ3n) is 3.99. The van der Waals surface area contributed by atoms with E-state index in [0.717, 1.165) is 11.3 Å². The number of hydrogen-bond donors (Lipinski definition) is 2. The summed E-state index contributed by atoms with van der Waals surface area (Å²) in [4.78, 5) is 16.6. The second kappa shape index (κ2) is 8.71. The molecule has 0 saturated heterocycles. The quantitative estimate of drug-likeness (QED) is 0.665. The number of amides is 1. The van der Waals surface area contributed by atoms with Crippen molar-refractivity contribution in [1.29, 1.82) is 0 Å². The van der Waals surface area contributed by atoms with Crippen LogP contribution in [0.2, 0.25) is 0 Å². The second-order valence-electron chi connectivity index (χ2n) is 5.82. The fraction of sp³-hybridized carbons (Fsp3) is 0.143. The molecule has 2 aromatic carbocycles. The van der Waals surface area contributed by atoms with Crippen molar-refractivity contribution >= 4 is 17.4 Å². The third kappa shape index (κ3) is 4.98. The predicted molar refractivity (Wildman–Crippen MR) is 106 cm³/mol. The van der Waals surface area contributed by atoms with Crippen LogP contribution in [-0.2, 0) is 6.54 Å². The smallest absolute Gasteiger partial charge is 0.257 e. The van der Waals surface area contributed by atoms with Crippen molar-refractivity contribution in [2.45, 2.75) is 6.54 Å². The number of hydrogen-bond acceptors (Lipinski definition) is 5. The number of methoxy groups -OCH3 is 2. The van der Waals surface area contributed by atoms with Crippen LogP contribution < -0.4 is 20.1 Å². The molecule has 0 aliphatic heterocycles. The van der Waals surface area contributed by atoms with Gasteiger partial charge < -0.3 is 20.1 Å². The first-order valence-corrected chi connectivity index (χ1v) is 8.46. The van der Waals surface area contributed by atoms with Gasteiger partial charge in [-0.05, 0) is 42.0 Å². The number of carbonyl (C=O) groups is 1. The van der Waals surface area contributed by atoms with Crippen molar-refractivity contribution in [3.8, 4) is 11.5 Å². The van der Waals surface area contributed by atoms with Gasteiger partial charge in [0.2, 0.25) is 0 Å². The van der Waals surface area contributed by atoms with Gasteiger partial charge in [-0.1, -0.05) is 18.2 Å². The third-order valence-corrected chi connectivity index (χ3v) is 3.99. The highest BCUT2D eigenvalue weighted by Crippen LogP contribution is 2.18. The number of anilines is 2. The lowest BCUT2D eigenvalue weighted by molar-refractivity contribution is 0.102. The number of nitrogens with one attached hydrogen (secondary N) is 2. The van der Waals surface area contributed by atoms with E-state index in [4.69, 9.17) is 9.47 Å². The molecule has 0 spiro atoms. The Morgan fingerprint density at radius 3 is 2.41 bits per heavy atom. The molecule has 1 amide bonds. The fourth-order valence-corrected chi connectivity index (χ4v) is 2.47. The number of carbonyl (C=O) groups excluding carboxylic acids is 1. The van der Waals surface area contributed by atoms with E-state index in [1.807, 2.05) is 36.4 Å². The van der Waals surface area contributed by atoms with Gasteiger partial charge in [-0.2, -0.15) is 0 Å². The van der Waals surface area contributed by atoms with Crippen molar-refractivity contribution in [3.63, 3.8) is 0 Å². The van der Waals surface area contributed by atoms with Crippen molar-refractivity contribution in [2.24, 2.45) is 0 Å². The van der Waals surface area contributed by atoms with Crippen LogP contribution >= 0.6 is 0 Å². The largest absolute Gasteiger partial charge is 0.497 e. The van der Waals surface area contributed by atoms with E-state index < -0.39 is 0 Å². The molecule has 0 saturated carbocycles. The molecule has 1 aromatic heterocycles. The van der Waals surface area contributed by atoms with Gasteiger partial charge in [0.05, 0.1) is 19.8 Å². The minimum atomic E-state index is -0.225. The van der Waals surface area contributed by atoms with E-state index >= 15 is 0 Å². The molecule has 6 nitrogen and oxygen atoms in total. The topological polar surface area (TPSA) is 72.5 Å². The highest BCUT2D eigenvalue weighted by atomic mass is 16.5.